The van der Waals surface area contributed by atoms with Gasteiger partial charge in [0.25, 0.3) is 0 Å². The van der Waals surface area contributed by atoms with E-state index in [0.717, 1.165) is 61.9 Å². The van der Waals surface area contributed by atoms with Crippen molar-refractivity contribution in [2.24, 2.45) is 4.99 Å². The molecule has 0 amide bonds. The Morgan fingerprint density at radius 2 is 1.96 bits per heavy atom. The molecule has 2 aliphatic rings. The molecule has 144 valence electrons. The Bertz CT molecular complexity index is 616. The van der Waals surface area contributed by atoms with E-state index >= 15 is 0 Å². The number of rotatable bonds is 8. The molecule has 1 saturated heterocycles. The van der Waals surface area contributed by atoms with Crippen molar-refractivity contribution in [3.63, 3.8) is 0 Å². The molecular weight excluding hydrogens is 372 g/mol. The molecule has 0 aromatic heterocycles. The van der Waals surface area contributed by atoms with E-state index in [0.29, 0.717) is 0 Å². The van der Waals surface area contributed by atoms with Gasteiger partial charge in [0.2, 0.25) is 0 Å². The number of aliphatic imine (C=N–C) groups is 1. The third-order valence-corrected chi connectivity index (χ3v) is 5.79. The van der Waals surface area contributed by atoms with Crippen molar-refractivity contribution in [1.29, 1.82) is 0 Å². The van der Waals surface area contributed by atoms with Gasteiger partial charge in [0.05, 0.1) is 18.9 Å². The minimum Gasteiger partial charge on any atom is -0.494 e. The van der Waals surface area contributed by atoms with Gasteiger partial charge in [0.15, 0.2) is 0 Å². The summed E-state index contributed by atoms with van der Waals surface area (Å²) in [4.78, 5) is 4.57. The molecule has 26 heavy (non-hydrogen) atoms. The molecule has 1 aromatic carbocycles. The zero-order valence-electron chi connectivity index (χ0n) is 15.3. The third kappa shape index (κ3) is 5.12. The van der Waals surface area contributed by atoms with Crippen LogP contribution in [0.1, 0.15) is 32.6 Å². The lowest BCUT2D eigenvalue weighted by atomic mass is 10.2. The SMILES string of the molecule is CC1N=C2CN(C)SN(CCCCCCOc3ccc(Cl)cc3)C2N1O. The molecule has 0 bridgehead atoms. The van der Waals surface area contributed by atoms with Crippen LogP contribution >= 0.6 is 23.7 Å². The van der Waals surface area contributed by atoms with Gasteiger partial charge >= 0.3 is 0 Å². The second-order valence-electron chi connectivity index (χ2n) is 6.73. The number of hydroxylamine groups is 2. The van der Waals surface area contributed by atoms with E-state index in [2.05, 4.69) is 20.7 Å². The van der Waals surface area contributed by atoms with Crippen molar-refractivity contribution in [3.8, 4) is 5.75 Å². The van der Waals surface area contributed by atoms with Crippen molar-refractivity contribution in [1.82, 2.24) is 13.7 Å². The molecule has 6 nitrogen and oxygen atoms in total. The molecular formula is C18H27ClN4O2S. The van der Waals surface area contributed by atoms with Crippen LogP contribution in [-0.4, -0.2) is 63.7 Å². The molecule has 3 rings (SSSR count). The number of benzene rings is 1. The fourth-order valence-corrected chi connectivity index (χ4v) is 4.42. The summed E-state index contributed by atoms with van der Waals surface area (Å²) < 4.78 is 10.1. The van der Waals surface area contributed by atoms with Gasteiger partial charge in [-0.3, -0.25) is 4.99 Å². The maximum absolute atomic E-state index is 10.3. The Hall–Kier alpha value is -0.830. The zero-order valence-corrected chi connectivity index (χ0v) is 16.9. The Balaban J connectivity index is 1.33. The molecule has 2 unspecified atom stereocenters. The fourth-order valence-electron chi connectivity index (χ4n) is 3.23. The number of hydrogen-bond donors (Lipinski definition) is 1. The Kier molecular flexibility index (Phi) is 7.19. The average molecular weight is 399 g/mol. The molecule has 2 aliphatic heterocycles. The normalized spacial score (nSPS) is 24.5. The van der Waals surface area contributed by atoms with Gasteiger partial charge in [-0.25, -0.2) is 8.61 Å². The number of fused-ring (bicyclic) bond motifs is 1. The lowest BCUT2D eigenvalue weighted by Crippen LogP contribution is -2.53. The molecule has 2 atom stereocenters. The van der Waals surface area contributed by atoms with E-state index < -0.39 is 0 Å². The predicted octanol–water partition coefficient (Wildman–Crippen LogP) is 3.91. The van der Waals surface area contributed by atoms with Crippen molar-refractivity contribution in [2.45, 2.75) is 44.9 Å². The van der Waals surface area contributed by atoms with Crippen LogP contribution in [0.5, 0.6) is 5.75 Å². The molecule has 8 heteroatoms. The van der Waals surface area contributed by atoms with Crippen LogP contribution in [0.25, 0.3) is 0 Å². The first kappa shape index (κ1) is 19.9. The van der Waals surface area contributed by atoms with Crippen LogP contribution in [-0.2, 0) is 0 Å². The standard InChI is InChI=1S/C18H27ClN4O2S/c1-14-20-17-13-21(2)26-22(18(17)23(14)24)11-5-3-4-6-12-25-16-9-7-15(19)8-10-16/h7-10,14,18,24H,3-6,11-13H2,1-2H3. The van der Waals surface area contributed by atoms with Crippen LogP contribution in [0.2, 0.25) is 5.02 Å². The highest BCUT2D eigenvalue weighted by molar-refractivity contribution is 7.94. The maximum atomic E-state index is 10.3. The van der Waals surface area contributed by atoms with Crippen LogP contribution in [0, 0.1) is 0 Å². The third-order valence-electron chi connectivity index (χ3n) is 4.54. The van der Waals surface area contributed by atoms with E-state index in [9.17, 15) is 5.21 Å². The molecule has 1 N–H and O–H groups in total. The highest BCUT2D eigenvalue weighted by Gasteiger charge is 2.41. The molecule has 0 radical (unpaired) electrons. The number of hydrogen-bond acceptors (Lipinski definition) is 7. The van der Waals surface area contributed by atoms with Crippen LogP contribution in [0.15, 0.2) is 29.3 Å². The first-order valence-corrected chi connectivity index (χ1v) is 10.2. The van der Waals surface area contributed by atoms with Gasteiger partial charge in [0.1, 0.15) is 18.1 Å². The lowest BCUT2D eigenvalue weighted by molar-refractivity contribution is -0.148. The van der Waals surface area contributed by atoms with Gasteiger partial charge < -0.3 is 9.94 Å². The van der Waals surface area contributed by atoms with E-state index in [1.807, 2.05) is 31.2 Å². The van der Waals surface area contributed by atoms with Gasteiger partial charge in [-0.1, -0.05) is 24.4 Å². The predicted molar refractivity (Wildman–Crippen MR) is 107 cm³/mol. The summed E-state index contributed by atoms with van der Waals surface area (Å²) >= 11 is 7.55. The molecule has 0 spiro atoms. The van der Waals surface area contributed by atoms with Gasteiger partial charge in [-0.15, -0.1) is 5.06 Å². The fraction of sp³-hybridized carbons (Fsp3) is 0.611. The quantitative estimate of drug-likeness (QED) is 0.529. The highest BCUT2D eigenvalue weighted by atomic mass is 35.5. The van der Waals surface area contributed by atoms with Crippen molar-refractivity contribution in [3.05, 3.63) is 29.3 Å². The summed E-state index contributed by atoms with van der Waals surface area (Å²) in [5.41, 5.74) is 1.05. The number of halogens is 1. The summed E-state index contributed by atoms with van der Waals surface area (Å²) in [6.07, 6.45) is 4.16. The van der Waals surface area contributed by atoms with E-state index in [1.165, 1.54) is 5.06 Å². The first-order chi connectivity index (χ1) is 12.5. The molecule has 2 heterocycles. The summed E-state index contributed by atoms with van der Waals surface area (Å²) in [5, 5.41) is 12.4. The minimum atomic E-state index is -0.158. The zero-order chi connectivity index (χ0) is 18.5. The molecule has 0 saturated carbocycles. The van der Waals surface area contributed by atoms with Crippen molar-refractivity contribution in [2.75, 3.05) is 26.7 Å². The highest BCUT2D eigenvalue weighted by Crippen LogP contribution is 2.31. The van der Waals surface area contributed by atoms with Gasteiger partial charge in [-0.05, 0) is 51.1 Å². The number of ether oxygens (including phenoxy) is 1. The topological polar surface area (TPSA) is 51.5 Å². The number of unbranched alkanes of at least 4 members (excludes halogenated alkanes) is 3. The van der Waals surface area contributed by atoms with E-state index in [4.69, 9.17) is 16.3 Å². The van der Waals surface area contributed by atoms with E-state index in [1.54, 1.807) is 12.1 Å². The largest absolute Gasteiger partial charge is 0.494 e. The maximum Gasteiger partial charge on any atom is 0.139 e. The summed E-state index contributed by atoms with van der Waals surface area (Å²) in [7, 11) is 2.06. The Morgan fingerprint density at radius 1 is 1.23 bits per heavy atom. The van der Waals surface area contributed by atoms with Gasteiger partial charge in [-0.2, -0.15) is 0 Å². The summed E-state index contributed by atoms with van der Waals surface area (Å²) in [6.45, 7) is 4.38. The summed E-state index contributed by atoms with van der Waals surface area (Å²) in [6, 6.07) is 7.48. The second-order valence-corrected chi connectivity index (χ2v) is 8.42. The minimum absolute atomic E-state index is 0.0839. The Morgan fingerprint density at radius 3 is 2.73 bits per heavy atom. The number of nitrogens with zero attached hydrogens (tertiary/aromatic N) is 4. The first-order valence-electron chi connectivity index (χ1n) is 9.12. The van der Waals surface area contributed by atoms with E-state index in [-0.39, 0.29) is 12.3 Å². The monoisotopic (exact) mass is 398 g/mol. The lowest BCUT2D eigenvalue weighted by Gasteiger charge is -2.39. The second kappa shape index (κ2) is 9.39. The van der Waals surface area contributed by atoms with Gasteiger partial charge in [0, 0.05) is 23.7 Å². The average Bonchev–Trinajstić information content (AvgIpc) is 2.89. The van der Waals surface area contributed by atoms with Crippen LogP contribution < -0.4 is 4.74 Å². The van der Waals surface area contributed by atoms with Crippen molar-refractivity contribution < 1.29 is 9.94 Å². The Labute approximate surface area is 165 Å². The van der Waals surface area contributed by atoms with Crippen LogP contribution in [0.4, 0.5) is 0 Å². The van der Waals surface area contributed by atoms with Crippen LogP contribution in [0.3, 0.4) is 0 Å². The molecule has 0 aliphatic carbocycles. The summed E-state index contributed by atoms with van der Waals surface area (Å²) in [5.74, 6) is 0.868. The smallest absolute Gasteiger partial charge is 0.139 e. The molecule has 1 aromatic rings. The van der Waals surface area contributed by atoms with Crippen molar-refractivity contribution >= 4 is 29.4 Å². The molecule has 1 fully saturated rings.